The summed E-state index contributed by atoms with van der Waals surface area (Å²) in [4.78, 5) is 11.5. The predicted molar refractivity (Wildman–Crippen MR) is 91.4 cm³/mol. The molecule has 4 nitrogen and oxygen atoms in total. The molecule has 1 amide bonds. The van der Waals surface area contributed by atoms with Gasteiger partial charge in [-0.2, -0.15) is 0 Å². The van der Waals surface area contributed by atoms with Crippen molar-refractivity contribution < 1.29 is 31.8 Å². The van der Waals surface area contributed by atoms with E-state index in [0.29, 0.717) is 18.5 Å². The molecule has 144 valence electrons. The molecule has 0 heterocycles. The van der Waals surface area contributed by atoms with E-state index >= 15 is 0 Å². The lowest BCUT2D eigenvalue weighted by Crippen LogP contribution is -2.24. The first-order chi connectivity index (χ1) is 12.8. The number of nitrogens with one attached hydrogen (secondary N) is 1. The van der Waals surface area contributed by atoms with Crippen molar-refractivity contribution in [2.24, 2.45) is 0 Å². The van der Waals surface area contributed by atoms with Crippen LogP contribution in [0.2, 0.25) is 0 Å². The normalized spacial score (nSPS) is 11.4. The van der Waals surface area contributed by atoms with E-state index in [1.807, 2.05) is 30.3 Å². The summed E-state index contributed by atoms with van der Waals surface area (Å²) >= 11 is 0. The summed E-state index contributed by atoms with van der Waals surface area (Å²) in [5, 5.41) is 2.55. The number of benzene rings is 2. The number of amides is 1. The van der Waals surface area contributed by atoms with Gasteiger partial charge >= 0.3 is 12.5 Å². The Morgan fingerprint density at radius 3 is 2.52 bits per heavy atom. The second kappa shape index (κ2) is 9.61. The lowest BCUT2D eigenvalue weighted by atomic mass is 10.2. The summed E-state index contributed by atoms with van der Waals surface area (Å²) in [5.74, 6) is -2.00. The Morgan fingerprint density at radius 2 is 1.85 bits per heavy atom. The van der Waals surface area contributed by atoms with Crippen LogP contribution in [-0.4, -0.2) is 19.0 Å². The van der Waals surface area contributed by atoms with Gasteiger partial charge in [0.1, 0.15) is 6.61 Å². The fourth-order valence-electron chi connectivity index (χ4n) is 2.08. The van der Waals surface area contributed by atoms with E-state index < -0.39 is 24.0 Å². The van der Waals surface area contributed by atoms with Crippen molar-refractivity contribution in [1.82, 2.24) is 5.32 Å². The van der Waals surface area contributed by atoms with Crippen LogP contribution in [-0.2, 0) is 11.3 Å². The number of halogens is 4. The van der Waals surface area contributed by atoms with Crippen LogP contribution in [0.15, 0.2) is 54.6 Å². The zero-order valence-corrected chi connectivity index (χ0v) is 14.1. The fraction of sp³-hybridized carbons (Fsp3) is 0.211. The van der Waals surface area contributed by atoms with Crippen molar-refractivity contribution in [3.8, 4) is 5.75 Å². The van der Waals surface area contributed by atoms with E-state index in [0.717, 1.165) is 17.7 Å². The van der Waals surface area contributed by atoms with Gasteiger partial charge in [-0.1, -0.05) is 48.6 Å². The minimum absolute atomic E-state index is 0.161. The summed E-state index contributed by atoms with van der Waals surface area (Å²) in [5.41, 5.74) is 1.24. The van der Waals surface area contributed by atoms with E-state index in [-0.39, 0.29) is 6.61 Å². The van der Waals surface area contributed by atoms with Crippen LogP contribution in [0.25, 0.3) is 6.08 Å². The molecule has 0 saturated heterocycles. The number of alkyl halides is 3. The lowest BCUT2D eigenvalue weighted by Gasteiger charge is -2.09. The maximum absolute atomic E-state index is 13.6. The average Bonchev–Trinajstić information content (AvgIpc) is 2.62. The SMILES string of the molecule is O=C(NCCC=Cc1ccc(OC(F)(F)F)c(F)c1)OCc1ccccc1. The Hall–Kier alpha value is -3.03. The number of ether oxygens (including phenoxy) is 2. The Labute approximate surface area is 153 Å². The first-order valence-corrected chi connectivity index (χ1v) is 8.00. The molecule has 2 aromatic carbocycles. The largest absolute Gasteiger partial charge is 0.573 e. The first kappa shape index (κ1) is 20.3. The fourth-order valence-corrected chi connectivity index (χ4v) is 2.08. The Morgan fingerprint density at radius 1 is 1.11 bits per heavy atom. The zero-order valence-electron chi connectivity index (χ0n) is 14.1. The number of carbonyl (C=O) groups is 1. The van der Waals surface area contributed by atoms with Gasteiger partial charge in [-0.3, -0.25) is 0 Å². The number of hydrogen-bond acceptors (Lipinski definition) is 3. The molecule has 0 aliphatic rings. The summed E-state index contributed by atoms with van der Waals surface area (Å²) in [7, 11) is 0. The van der Waals surface area contributed by atoms with E-state index in [9.17, 15) is 22.4 Å². The van der Waals surface area contributed by atoms with Crippen molar-refractivity contribution in [2.75, 3.05) is 6.54 Å². The van der Waals surface area contributed by atoms with Gasteiger partial charge in [0, 0.05) is 6.54 Å². The third kappa shape index (κ3) is 7.81. The zero-order chi connectivity index (χ0) is 19.7. The summed E-state index contributed by atoms with van der Waals surface area (Å²) in [6.45, 7) is 0.454. The van der Waals surface area contributed by atoms with Crippen molar-refractivity contribution in [1.29, 1.82) is 0 Å². The maximum atomic E-state index is 13.6. The number of rotatable bonds is 7. The highest BCUT2D eigenvalue weighted by Gasteiger charge is 2.32. The topological polar surface area (TPSA) is 47.6 Å². The van der Waals surface area contributed by atoms with E-state index in [2.05, 4.69) is 10.1 Å². The Bertz CT molecular complexity index is 776. The third-order valence-electron chi connectivity index (χ3n) is 3.29. The van der Waals surface area contributed by atoms with E-state index in [1.165, 1.54) is 12.1 Å². The molecule has 0 atom stereocenters. The molecule has 0 unspecified atom stereocenters. The van der Waals surface area contributed by atoms with Gasteiger partial charge in [0.2, 0.25) is 0 Å². The minimum Gasteiger partial charge on any atom is -0.445 e. The third-order valence-corrected chi connectivity index (χ3v) is 3.29. The van der Waals surface area contributed by atoms with E-state index in [4.69, 9.17) is 4.74 Å². The van der Waals surface area contributed by atoms with Crippen LogP contribution in [0.1, 0.15) is 17.5 Å². The molecule has 27 heavy (non-hydrogen) atoms. The average molecular weight is 383 g/mol. The molecule has 0 aliphatic heterocycles. The molecule has 0 aliphatic carbocycles. The van der Waals surface area contributed by atoms with Crippen LogP contribution in [0.5, 0.6) is 5.75 Å². The first-order valence-electron chi connectivity index (χ1n) is 8.00. The quantitative estimate of drug-likeness (QED) is 0.537. The van der Waals surface area contributed by atoms with Gasteiger partial charge in [0.05, 0.1) is 0 Å². The van der Waals surface area contributed by atoms with Gasteiger partial charge in [0.15, 0.2) is 11.6 Å². The lowest BCUT2D eigenvalue weighted by molar-refractivity contribution is -0.275. The molecular weight excluding hydrogens is 366 g/mol. The molecule has 2 aromatic rings. The molecule has 0 aromatic heterocycles. The van der Waals surface area contributed by atoms with Crippen LogP contribution in [0, 0.1) is 5.82 Å². The van der Waals surface area contributed by atoms with Gasteiger partial charge in [-0.05, 0) is 29.7 Å². The molecule has 0 saturated carbocycles. The number of alkyl carbamates (subject to hydrolysis) is 1. The van der Waals surface area contributed by atoms with Crippen LogP contribution >= 0.6 is 0 Å². The molecular formula is C19H17F4NO3. The van der Waals surface area contributed by atoms with Crippen LogP contribution < -0.4 is 10.1 Å². The highest BCUT2D eigenvalue weighted by molar-refractivity contribution is 5.67. The molecule has 0 bridgehead atoms. The predicted octanol–water partition coefficient (Wildman–Crippen LogP) is 5.05. The highest BCUT2D eigenvalue weighted by atomic mass is 19.4. The smallest absolute Gasteiger partial charge is 0.445 e. The Kier molecular flexibility index (Phi) is 7.22. The minimum atomic E-state index is -4.95. The van der Waals surface area contributed by atoms with Crippen molar-refractivity contribution >= 4 is 12.2 Å². The van der Waals surface area contributed by atoms with Crippen molar-refractivity contribution in [2.45, 2.75) is 19.4 Å². The molecule has 0 fully saturated rings. The monoisotopic (exact) mass is 383 g/mol. The number of hydrogen-bond donors (Lipinski definition) is 1. The van der Waals surface area contributed by atoms with Crippen LogP contribution in [0.4, 0.5) is 22.4 Å². The summed E-state index contributed by atoms with van der Waals surface area (Å²) in [6, 6.07) is 12.3. The molecule has 0 radical (unpaired) electrons. The molecule has 8 heteroatoms. The van der Waals surface area contributed by atoms with E-state index in [1.54, 1.807) is 6.08 Å². The van der Waals surface area contributed by atoms with Gasteiger partial charge in [-0.25, -0.2) is 9.18 Å². The molecule has 2 rings (SSSR count). The van der Waals surface area contributed by atoms with Gasteiger partial charge in [-0.15, -0.1) is 13.2 Å². The highest BCUT2D eigenvalue weighted by Crippen LogP contribution is 2.26. The second-order valence-corrected chi connectivity index (χ2v) is 5.42. The maximum Gasteiger partial charge on any atom is 0.573 e. The van der Waals surface area contributed by atoms with Gasteiger partial charge < -0.3 is 14.8 Å². The summed E-state index contributed by atoms with van der Waals surface area (Å²) < 4.78 is 58.4. The van der Waals surface area contributed by atoms with Crippen LogP contribution in [0.3, 0.4) is 0 Å². The standard InChI is InChI=1S/C19H17F4NO3/c20-16-12-14(9-10-17(16)27-19(21,22)23)6-4-5-11-24-18(25)26-13-15-7-2-1-3-8-15/h1-4,6-10,12H,5,11,13H2,(H,24,25). The van der Waals surface area contributed by atoms with Crippen molar-refractivity contribution in [3.05, 3.63) is 71.6 Å². The molecule has 1 N–H and O–H groups in total. The Balaban J connectivity index is 1.71. The summed E-state index contributed by atoms with van der Waals surface area (Å²) in [6.07, 6.45) is -1.90. The number of carbonyl (C=O) groups excluding carboxylic acids is 1. The molecule has 0 spiro atoms. The van der Waals surface area contributed by atoms with Crippen molar-refractivity contribution in [3.63, 3.8) is 0 Å². The van der Waals surface area contributed by atoms with Gasteiger partial charge in [0.25, 0.3) is 0 Å². The second-order valence-electron chi connectivity index (χ2n) is 5.42.